The molecule has 156 valence electrons. The summed E-state index contributed by atoms with van der Waals surface area (Å²) < 4.78 is 4.64. The molecule has 1 atom stereocenters. The molecule has 0 unspecified atom stereocenters. The summed E-state index contributed by atoms with van der Waals surface area (Å²) in [5.41, 5.74) is 1.23. The van der Waals surface area contributed by atoms with Gasteiger partial charge in [-0.2, -0.15) is 0 Å². The fourth-order valence-corrected chi connectivity index (χ4v) is 3.55. The Morgan fingerprint density at radius 1 is 1.14 bits per heavy atom. The molecule has 8 nitrogen and oxygen atoms in total. The Hall–Kier alpha value is -2.71. The topological polar surface area (TPSA) is 94.1 Å². The van der Waals surface area contributed by atoms with Gasteiger partial charge in [-0.15, -0.1) is 0 Å². The van der Waals surface area contributed by atoms with E-state index in [0.717, 1.165) is 12.0 Å². The lowest BCUT2D eigenvalue weighted by molar-refractivity contribution is 0.180. The van der Waals surface area contributed by atoms with Gasteiger partial charge in [0.25, 0.3) is 5.56 Å². The molecule has 1 aromatic carbocycles. The van der Waals surface area contributed by atoms with Gasteiger partial charge in [0.05, 0.1) is 12.6 Å². The fourth-order valence-electron chi connectivity index (χ4n) is 3.55. The Labute approximate surface area is 169 Å². The summed E-state index contributed by atoms with van der Waals surface area (Å²) in [7, 11) is 3.48. The number of imidazole rings is 1. The third-order valence-electron chi connectivity index (χ3n) is 5.08. The summed E-state index contributed by atoms with van der Waals surface area (Å²) in [5.74, 6) is 0.713. The molecule has 0 radical (unpaired) electrons. The molecular formula is C21H29N5O3. The number of aliphatic hydroxyl groups excluding tert-OH is 1. The summed E-state index contributed by atoms with van der Waals surface area (Å²) in [6, 6.07) is 9.88. The molecule has 0 aliphatic carbocycles. The zero-order valence-corrected chi connectivity index (χ0v) is 17.3. The van der Waals surface area contributed by atoms with Crippen LogP contribution in [0.5, 0.6) is 0 Å². The first kappa shape index (κ1) is 21.0. The van der Waals surface area contributed by atoms with E-state index in [2.05, 4.69) is 10.3 Å². The van der Waals surface area contributed by atoms with Crippen molar-refractivity contribution in [2.75, 3.05) is 7.05 Å². The van der Waals surface area contributed by atoms with E-state index in [4.69, 9.17) is 0 Å². The zero-order valence-electron chi connectivity index (χ0n) is 17.3. The van der Waals surface area contributed by atoms with Crippen LogP contribution in [0.4, 0.5) is 0 Å². The van der Waals surface area contributed by atoms with Gasteiger partial charge in [0, 0.05) is 20.1 Å². The molecule has 3 aromatic rings. The lowest BCUT2D eigenvalue weighted by Crippen LogP contribution is -2.39. The first-order chi connectivity index (χ1) is 13.9. The van der Waals surface area contributed by atoms with Gasteiger partial charge in [-0.25, -0.2) is 9.78 Å². The van der Waals surface area contributed by atoms with Gasteiger partial charge < -0.3 is 15.0 Å². The Kier molecular flexibility index (Phi) is 6.66. The smallest absolute Gasteiger partial charge is 0.332 e. The normalized spacial score (nSPS) is 12.6. The number of aliphatic hydroxyl groups is 1. The number of benzene rings is 1. The van der Waals surface area contributed by atoms with Gasteiger partial charge in [-0.1, -0.05) is 30.3 Å². The van der Waals surface area contributed by atoms with E-state index < -0.39 is 0 Å². The van der Waals surface area contributed by atoms with Crippen molar-refractivity contribution in [3.63, 3.8) is 0 Å². The van der Waals surface area contributed by atoms with Crippen molar-refractivity contribution in [3.8, 4) is 0 Å². The molecule has 0 saturated heterocycles. The second-order valence-electron chi connectivity index (χ2n) is 7.45. The third-order valence-corrected chi connectivity index (χ3v) is 5.08. The van der Waals surface area contributed by atoms with Crippen LogP contribution in [0.15, 0.2) is 39.9 Å². The summed E-state index contributed by atoms with van der Waals surface area (Å²) in [6.45, 7) is 3.06. The molecule has 0 bridgehead atoms. The van der Waals surface area contributed by atoms with E-state index in [-0.39, 0.29) is 17.4 Å². The minimum Gasteiger partial charge on any atom is -0.393 e. The van der Waals surface area contributed by atoms with E-state index in [9.17, 15) is 14.7 Å². The second-order valence-corrected chi connectivity index (χ2v) is 7.45. The van der Waals surface area contributed by atoms with Crippen LogP contribution >= 0.6 is 0 Å². The van der Waals surface area contributed by atoms with Crippen LogP contribution in [0.1, 0.15) is 37.6 Å². The van der Waals surface area contributed by atoms with Gasteiger partial charge in [0.1, 0.15) is 5.82 Å². The standard InChI is InChI=1S/C21H29N5O3/c1-15(27)9-7-8-12-25-20(28)18-19(24(3)21(25)29)23-17(13-22-2)26(18)14-16-10-5-4-6-11-16/h4-6,10-11,15,22,27H,7-9,12-14H2,1-3H3/t15-/m1/s1. The average Bonchev–Trinajstić information content (AvgIpc) is 3.05. The quantitative estimate of drug-likeness (QED) is 0.528. The molecule has 0 aliphatic heterocycles. The van der Waals surface area contributed by atoms with Crippen LogP contribution in [0.25, 0.3) is 11.2 Å². The van der Waals surface area contributed by atoms with Crippen molar-refractivity contribution in [3.05, 3.63) is 62.6 Å². The molecule has 0 saturated carbocycles. The number of rotatable bonds is 9. The molecule has 2 heterocycles. The first-order valence-corrected chi connectivity index (χ1v) is 9.99. The monoisotopic (exact) mass is 399 g/mol. The SMILES string of the molecule is CNCc1nc2c(c(=O)n(CCCC[C@@H](C)O)c(=O)n2C)n1Cc1ccccc1. The highest BCUT2D eigenvalue weighted by molar-refractivity contribution is 5.71. The van der Waals surface area contributed by atoms with E-state index in [1.807, 2.05) is 41.9 Å². The Bertz CT molecular complexity index is 1080. The number of aryl methyl sites for hydroxylation is 1. The molecule has 2 aromatic heterocycles. The number of hydrogen-bond donors (Lipinski definition) is 2. The van der Waals surface area contributed by atoms with Gasteiger partial charge in [0.15, 0.2) is 11.2 Å². The lowest BCUT2D eigenvalue weighted by Gasteiger charge is -2.11. The van der Waals surface area contributed by atoms with Gasteiger partial charge >= 0.3 is 5.69 Å². The van der Waals surface area contributed by atoms with Crippen molar-refractivity contribution in [1.82, 2.24) is 24.0 Å². The van der Waals surface area contributed by atoms with Crippen LogP contribution < -0.4 is 16.6 Å². The van der Waals surface area contributed by atoms with Crippen LogP contribution in [0, 0.1) is 0 Å². The predicted octanol–water partition coefficient (Wildman–Crippen LogP) is 1.22. The van der Waals surface area contributed by atoms with Crippen LogP contribution in [-0.2, 0) is 26.7 Å². The van der Waals surface area contributed by atoms with Gasteiger partial charge in [-0.05, 0) is 38.8 Å². The lowest BCUT2D eigenvalue weighted by atomic mass is 10.2. The fraction of sp³-hybridized carbons (Fsp3) is 0.476. The minimum atomic E-state index is -0.381. The molecule has 3 rings (SSSR count). The van der Waals surface area contributed by atoms with Crippen molar-refractivity contribution in [1.29, 1.82) is 0 Å². The van der Waals surface area contributed by atoms with Crippen LogP contribution in [-0.4, -0.2) is 36.9 Å². The number of aromatic nitrogens is 4. The summed E-state index contributed by atoms with van der Waals surface area (Å²) in [5, 5.41) is 12.5. The number of fused-ring (bicyclic) bond motifs is 1. The molecule has 2 N–H and O–H groups in total. The Morgan fingerprint density at radius 2 is 1.86 bits per heavy atom. The average molecular weight is 399 g/mol. The van der Waals surface area contributed by atoms with E-state index in [1.165, 1.54) is 9.13 Å². The van der Waals surface area contributed by atoms with Gasteiger partial charge in [0.2, 0.25) is 0 Å². The molecule has 29 heavy (non-hydrogen) atoms. The Morgan fingerprint density at radius 3 is 2.52 bits per heavy atom. The van der Waals surface area contributed by atoms with Crippen molar-refractivity contribution in [2.24, 2.45) is 7.05 Å². The number of hydrogen-bond acceptors (Lipinski definition) is 5. The predicted molar refractivity (Wildman–Crippen MR) is 113 cm³/mol. The minimum absolute atomic E-state index is 0.314. The van der Waals surface area contributed by atoms with E-state index >= 15 is 0 Å². The largest absolute Gasteiger partial charge is 0.393 e. The zero-order chi connectivity index (χ0) is 21.0. The molecular weight excluding hydrogens is 370 g/mol. The summed E-state index contributed by atoms with van der Waals surface area (Å²) in [6.07, 6.45) is 1.67. The Balaban J connectivity index is 2.09. The molecule has 0 amide bonds. The van der Waals surface area contributed by atoms with Crippen molar-refractivity contribution in [2.45, 2.75) is 51.9 Å². The van der Waals surface area contributed by atoms with Crippen molar-refractivity contribution < 1.29 is 5.11 Å². The maximum atomic E-state index is 13.3. The number of unbranched alkanes of at least 4 members (excludes halogenated alkanes) is 1. The number of nitrogens with one attached hydrogen (secondary N) is 1. The third kappa shape index (κ3) is 4.49. The highest BCUT2D eigenvalue weighted by atomic mass is 16.3. The molecule has 8 heteroatoms. The highest BCUT2D eigenvalue weighted by Gasteiger charge is 2.20. The molecule has 0 spiro atoms. The van der Waals surface area contributed by atoms with E-state index in [1.54, 1.807) is 14.0 Å². The van der Waals surface area contributed by atoms with Crippen LogP contribution in [0.3, 0.4) is 0 Å². The molecule has 0 aliphatic rings. The second kappa shape index (κ2) is 9.19. The number of nitrogens with zero attached hydrogens (tertiary/aromatic N) is 4. The molecule has 0 fully saturated rings. The highest BCUT2D eigenvalue weighted by Crippen LogP contribution is 2.14. The van der Waals surface area contributed by atoms with Crippen molar-refractivity contribution >= 4 is 11.2 Å². The van der Waals surface area contributed by atoms with E-state index in [0.29, 0.717) is 49.5 Å². The maximum Gasteiger partial charge on any atom is 0.332 e. The summed E-state index contributed by atoms with van der Waals surface area (Å²) in [4.78, 5) is 30.7. The van der Waals surface area contributed by atoms with Gasteiger partial charge in [-0.3, -0.25) is 13.9 Å². The summed E-state index contributed by atoms with van der Waals surface area (Å²) >= 11 is 0. The maximum absolute atomic E-state index is 13.3. The first-order valence-electron chi connectivity index (χ1n) is 9.99. The van der Waals surface area contributed by atoms with Crippen LogP contribution in [0.2, 0.25) is 0 Å².